The predicted octanol–water partition coefficient (Wildman–Crippen LogP) is 2.05. The lowest BCUT2D eigenvalue weighted by atomic mass is 10.2. The van der Waals surface area contributed by atoms with Gasteiger partial charge in [0.15, 0.2) is 11.5 Å². The molecular weight excluding hydrogens is 242 g/mol. The van der Waals surface area contributed by atoms with Crippen molar-refractivity contribution in [3.05, 3.63) is 23.8 Å². The van der Waals surface area contributed by atoms with Crippen molar-refractivity contribution in [3.63, 3.8) is 0 Å². The van der Waals surface area contributed by atoms with Gasteiger partial charge in [-0.3, -0.25) is 4.90 Å². The molecule has 2 rings (SSSR count). The van der Waals surface area contributed by atoms with Crippen molar-refractivity contribution in [1.29, 1.82) is 0 Å². The Hall–Kier alpha value is -1.26. The van der Waals surface area contributed by atoms with Gasteiger partial charge < -0.3 is 14.6 Å². The lowest BCUT2D eigenvalue weighted by Crippen LogP contribution is -2.28. The van der Waals surface area contributed by atoms with Gasteiger partial charge in [-0.25, -0.2) is 0 Å². The highest BCUT2D eigenvalue weighted by molar-refractivity contribution is 5.43. The van der Waals surface area contributed by atoms with Gasteiger partial charge in [0.1, 0.15) is 0 Å². The maximum absolute atomic E-state index is 9.13. The first-order valence-electron chi connectivity index (χ1n) is 6.93. The van der Waals surface area contributed by atoms with Crippen LogP contribution in [0.2, 0.25) is 0 Å². The molecule has 0 aromatic heterocycles. The Kier molecular flexibility index (Phi) is 5.05. The van der Waals surface area contributed by atoms with E-state index in [0.29, 0.717) is 12.6 Å². The van der Waals surface area contributed by atoms with Crippen molar-refractivity contribution in [2.75, 3.05) is 26.9 Å². The van der Waals surface area contributed by atoms with Crippen LogP contribution in [0.3, 0.4) is 0 Å². The minimum atomic E-state index is 0.213. The molecular formula is C15H23NO3. The fourth-order valence-corrected chi connectivity index (χ4v) is 2.28. The van der Waals surface area contributed by atoms with Crippen molar-refractivity contribution < 1.29 is 14.6 Å². The van der Waals surface area contributed by atoms with Crippen molar-refractivity contribution >= 4 is 0 Å². The molecule has 0 bridgehead atoms. The molecule has 1 N–H and O–H groups in total. The zero-order valence-electron chi connectivity index (χ0n) is 11.8. The van der Waals surface area contributed by atoms with Gasteiger partial charge >= 0.3 is 0 Å². The first kappa shape index (κ1) is 14.2. The number of hydrogen-bond donors (Lipinski definition) is 1. The van der Waals surface area contributed by atoms with E-state index in [1.807, 2.05) is 19.1 Å². The minimum Gasteiger partial charge on any atom is -0.493 e. The average Bonchev–Trinajstić information content (AvgIpc) is 3.23. The van der Waals surface area contributed by atoms with Crippen molar-refractivity contribution in [2.24, 2.45) is 0 Å². The monoisotopic (exact) mass is 265 g/mol. The number of rotatable bonds is 8. The molecule has 106 valence electrons. The zero-order chi connectivity index (χ0) is 13.7. The van der Waals surface area contributed by atoms with E-state index >= 15 is 0 Å². The number of methoxy groups -OCH3 is 1. The van der Waals surface area contributed by atoms with E-state index in [4.69, 9.17) is 14.6 Å². The van der Waals surface area contributed by atoms with Crippen LogP contribution in [0.5, 0.6) is 11.5 Å². The second-order valence-corrected chi connectivity index (χ2v) is 4.84. The molecule has 0 heterocycles. The van der Waals surface area contributed by atoms with Crippen molar-refractivity contribution in [1.82, 2.24) is 4.90 Å². The Morgan fingerprint density at radius 3 is 2.68 bits per heavy atom. The number of hydrogen-bond acceptors (Lipinski definition) is 4. The highest BCUT2D eigenvalue weighted by Crippen LogP contribution is 2.31. The molecule has 4 nitrogen and oxygen atoms in total. The molecule has 1 aromatic rings. The second-order valence-electron chi connectivity index (χ2n) is 4.84. The third-order valence-corrected chi connectivity index (χ3v) is 3.36. The lowest BCUT2D eigenvalue weighted by Gasteiger charge is -2.21. The van der Waals surface area contributed by atoms with Gasteiger partial charge in [0, 0.05) is 19.1 Å². The number of benzene rings is 1. The summed E-state index contributed by atoms with van der Waals surface area (Å²) in [6, 6.07) is 6.69. The summed E-state index contributed by atoms with van der Waals surface area (Å²) in [5.41, 5.74) is 1.20. The van der Waals surface area contributed by atoms with Gasteiger partial charge in [0.05, 0.1) is 20.3 Å². The Labute approximate surface area is 114 Å². The van der Waals surface area contributed by atoms with Crippen LogP contribution < -0.4 is 9.47 Å². The van der Waals surface area contributed by atoms with Gasteiger partial charge in [-0.15, -0.1) is 0 Å². The van der Waals surface area contributed by atoms with Crippen molar-refractivity contribution in [3.8, 4) is 11.5 Å². The van der Waals surface area contributed by atoms with Gasteiger partial charge in [-0.05, 0) is 37.5 Å². The Morgan fingerprint density at radius 2 is 2.11 bits per heavy atom. The normalized spacial score (nSPS) is 14.7. The van der Waals surface area contributed by atoms with Crippen LogP contribution >= 0.6 is 0 Å². The molecule has 1 aliphatic rings. The van der Waals surface area contributed by atoms with E-state index in [2.05, 4.69) is 11.0 Å². The van der Waals surface area contributed by atoms with Crippen molar-refractivity contribution in [2.45, 2.75) is 32.4 Å². The molecule has 0 saturated heterocycles. The largest absolute Gasteiger partial charge is 0.493 e. The van der Waals surface area contributed by atoms with Crippen LogP contribution in [0.25, 0.3) is 0 Å². The molecule has 19 heavy (non-hydrogen) atoms. The molecule has 0 unspecified atom stereocenters. The molecule has 0 aliphatic heterocycles. The quantitative estimate of drug-likeness (QED) is 0.781. The molecule has 1 saturated carbocycles. The summed E-state index contributed by atoms with van der Waals surface area (Å²) in [6.07, 6.45) is 2.49. The molecule has 0 spiro atoms. The number of nitrogens with zero attached hydrogens (tertiary/aromatic N) is 1. The fourth-order valence-electron chi connectivity index (χ4n) is 2.28. The van der Waals surface area contributed by atoms with Gasteiger partial charge in [0.25, 0.3) is 0 Å². The highest BCUT2D eigenvalue weighted by atomic mass is 16.5. The van der Waals surface area contributed by atoms with E-state index in [-0.39, 0.29) is 6.61 Å². The van der Waals surface area contributed by atoms with Gasteiger partial charge in [0.2, 0.25) is 0 Å². The summed E-state index contributed by atoms with van der Waals surface area (Å²) in [5.74, 6) is 1.56. The van der Waals surface area contributed by atoms with Crippen LogP contribution in [0, 0.1) is 0 Å². The number of aliphatic hydroxyl groups excluding tert-OH is 1. The topological polar surface area (TPSA) is 41.9 Å². The third-order valence-electron chi connectivity index (χ3n) is 3.36. The van der Waals surface area contributed by atoms with E-state index in [9.17, 15) is 0 Å². The maximum atomic E-state index is 9.13. The summed E-state index contributed by atoms with van der Waals surface area (Å²) in [6.45, 7) is 4.40. The van der Waals surface area contributed by atoms with Gasteiger partial charge in [-0.1, -0.05) is 6.07 Å². The van der Waals surface area contributed by atoms with Crippen LogP contribution in [0.15, 0.2) is 18.2 Å². The summed E-state index contributed by atoms with van der Waals surface area (Å²) >= 11 is 0. The van der Waals surface area contributed by atoms with Gasteiger partial charge in [-0.2, -0.15) is 0 Å². The predicted molar refractivity (Wildman–Crippen MR) is 74.7 cm³/mol. The summed E-state index contributed by atoms with van der Waals surface area (Å²) in [4.78, 5) is 2.33. The van der Waals surface area contributed by atoms with E-state index in [0.717, 1.165) is 24.6 Å². The molecule has 4 heteroatoms. The summed E-state index contributed by atoms with van der Waals surface area (Å²) in [5, 5.41) is 9.13. The maximum Gasteiger partial charge on any atom is 0.161 e. The molecule has 1 aliphatic carbocycles. The Morgan fingerprint density at radius 1 is 1.32 bits per heavy atom. The van der Waals surface area contributed by atoms with Crippen LogP contribution in [-0.2, 0) is 6.54 Å². The smallest absolute Gasteiger partial charge is 0.161 e. The molecule has 0 amide bonds. The second kappa shape index (κ2) is 6.78. The Balaban J connectivity index is 2.08. The first-order chi connectivity index (χ1) is 9.28. The Bertz CT molecular complexity index is 404. The number of ether oxygens (including phenoxy) is 2. The van der Waals surface area contributed by atoms with Crippen LogP contribution in [0.1, 0.15) is 25.3 Å². The SMILES string of the molecule is CCOc1cc(CN(CCO)C2CC2)ccc1OC. The average molecular weight is 265 g/mol. The molecule has 1 aromatic carbocycles. The first-order valence-corrected chi connectivity index (χ1v) is 6.93. The summed E-state index contributed by atoms with van der Waals surface area (Å²) in [7, 11) is 1.65. The molecule has 0 radical (unpaired) electrons. The fraction of sp³-hybridized carbons (Fsp3) is 0.600. The zero-order valence-corrected chi connectivity index (χ0v) is 11.8. The van der Waals surface area contributed by atoms with Crippen LogP contribution in [-0.4, -0.2) is 42.9 Å². The standard InChI is InChI=1S/C15H23NO3/c1-3-19-15-10-12(4-7-14(15)18-2)11-16(8-9-17)13-5-6-13/h4,7,10,13,17H,3,5-6,8-9,11H2,1-2H3. The molecule has 0 atom stereocenters. The number of aliphatic hydroxyl groups is 1. The highest BCUT2D eigenvalue weighted by Gasteiger charge is 2.28. The van der Waals surface area contributed by atoms with E-state index in [1.54, 1.807) is 7.11 Å². The molecule has 1 fully saturated rings. The van der Waals surface area contributed by atoms with Crippen LogP contribution in [0.4, 0.5) is 0 Å². The van der Waals surface area contributed by atoms with E-state index in [1.165, 1.54) is 18.4 Å². The summed E-state index contributed by atoms with van der Waals surface area (Å²) < 4.78 is 10.9. The third kappa shape index (κ3) is 3.85. The minimum absolute atomic E-state index is 0.213. The lowest BCUT2D eigenvalue weighted by molar-refractivity contribution is 0.183. The van der Waals surface area contributed by atoms with E-state index < -0.39 is 0 Å².